The summed E-state index contributed by atoms with van der Waals surface area (Å²) in [5, 5.41) is 5.59. The van der Waals surface area contributed by atoms with Gasteiger partial charge in [-0.1, -0.05) is 19.9 Å². The van der Waals surface area contributed by atoms with Gasteiger partial charge in [0.25, 0.3) is 11.8 Å². The SMILES string of the molecule is CCN(CC)S(=O)(=O)c1ccc(C)c(C(=O)Nc2ccc(NC(=O)C3CCCO3)cc2)c1. The van der Waals surface area contributed by atoms with Crippen LogP contribution in [0.25, 0.3) is 0 Å². The molecule has 0 bridgehead atoms. The largest absolute Gasteiger partial charge is 0.368 e. The van der Waals surface area contributed by atoms with Crippen molar-refractivity contribution in [3.63, 3.8) is 0 Å². The molecule has 0 radical (unpaired) electrons. The lowest BCUT2D eigenvalue weighted by Gasteiger charge is -2.19. The van der Waals surface area contributed by atoms with Crippen molar-refractivity contribution in [3.05, 3.63) is 53.6 Å². The van der Waals surface area contributed by atoms with Gasteiger partial charge in [-0.2, -0.15) is 4.31 Å². The Bertz CT molecular complexity index is 1070. The summed E-state index contributed by atoms with van der Waals surface area (Å²) in [7, 11) is -3.67. The van der Waals surface area contributed by atoms with Crippen molar-refractivity contribution in [1.82, 2.24) is 4.31 Å². The summed E-state index contributed by atoms with van der Waals surface area (Å²) in [5.74, 6) is -0.587. The molecule has 3 rings (SSSR count). The first-order valence-corrected chi connectivity index (χ1v) is 12.1. The number of anilines is 2. The third kappa shape index (κ3) is 5.35. The lowest BCUT2D eigenvalue weighted by atomic mass is 10.1. The van der Waals surface area contributed by atoms with Crippen molar-refractivity contribution in [2.45, 2.75) is 44.6 Å². The number of sulfonamides is 1. The molecule has 1 heterocycles. The average molecular weight is 460 g/mol. The van der Waals surface area contributed by atoms with E-state index in [2.05, 4.69) is 10.6 Å². The van der Waals surface area contributed by atoms with Crippen molar-refractivity contribution >= 4 is 33.2 Å². The number of nitrogens with zero attached hydrogens (tertiary/aromatic N) is 1. The summed E-state index contributed by atoms with van der Waals surface area (Å²) in [6, 6.07) is 11.3. The summed E-state index contributed by atoms with van der Waals surface area (Å²) < 4.78 is 32.3. The Balaban J connectivity index is 1.72. The number of hydrogen-bond acceptors (Lipinski definition) is 5. The van der Waals surface area contributed by atoms with Crippen LogP contribution < -0.4 is 10.6 Å². The molecule has 32 heavy (non-hydrogen) atoms. The van der Waals surface area contributed by atoms with E-state index in [-0.39, 0.29) is 16.4 Å². The predicted molar refractivity (Wildman–Crippen MR) is 123 cm³/mol. The molecule has 1 saturated heterocycles. The Kier molecular flexibility index (Phi) is 7.65. The molecule has 0 spiro atoms. The highest BCUT2D eigenvalue weighted by molar-refractivity contribution is 7.89. The van der Waals surface area contributed by atoms with Gasteiger partial charge >= 0.3 is 0 Å². The van der Waals surface area contributed by atoms with Crippen LogP contribution in [0.4, 0.5) is 11.4 Å². The zero-order chi connectivity index (χ0) is 23.3. The molecule has 1 aliphatic heterocycles. The van der Waals surface area contributed by atoms with Gasteiger partial charge in [0.2, 0.25) is 10.0 Å². The quantitative estimate of drug-likeness (QED) is 0.630. The molecular formula is C23H29N3O5S. The molecule has 172 valence electrons. The van der Waals surface area contributed by atoms with Gasteiger partial charge in [0.15, 0.2) is 0 Å². The zero-order valence-electron chi connectivity index (χ0n) is 18.6. The van der Waals surface area contributed by atoms with Gasteiger partial charge in [-0.25, -0.2) is 8.42 Å². The van der Waals surface area contributed by atoms with Crippen LogP contribution in [0.1, 0.15) is 42.6 Å². The van der Waals surface area contributed by atoms with Gasteiger partial charge in [-0.3, -0.25) is 9.59 Å². The summed E-state index contributed by atoms with van der Waals surface area (Å²) in [6.07, 6.45) is 1.17. The van der Waals surface area contributed by atoms with E-state index in [4.69, 9.17) is 4.74 Å². The van der Waals surface area contributed by atoms with E-state index in [1.165, 1.54) is 16.4 Å². The fraction of sp³-hybridized carbons (Fsp3) is 0.391. The number of carbonyl (C=O) groups excluding carboxylic acids is 2. The second-order valence-electron chi connectivity index (χ2n) is 7.59. The Labute approximate surface area is 189 Å². The standard InChI is InChI=1S/C23H29N3O5S/c1-4-26(5-2)32(29,30)19-13-8-16(3)20(15-19)22(27)24-17-9-11-18(12-10-17)25-23(28)21-7-6-14-31-21/h8-13,15,21H,4-7,14H2,1-3H3,(H,24,27)(H,25,28). The zero-order valence-corrected chi connectivity index (χ0v) is 19.4. The first kappa shape index (κ1) is 23.9. The van der Waals surface area contributed by atoms with Crippen LogP contribution >= 0.6 is 0 Å². The number of hydrogen-bond donors (Lipinski definition) is 2. The van der Waals surface area contributed by atoms with Crippen LogP contribution in [0.3, 0.4) is 0 Å². The highest BCUT2D eigenvalue weighted by Gasteiger charge is 2.24. The highest BCUT2D eigenvalue weighted by atomic mass is 32.2. The van der Waals surface area contributed by atoms with E-state index in [9.17, 15) is 18.0 Å². The van der Waals surface area contributed by atoms with Crippen molar-refractivity contribution in [3.8, 4) is 0 Å². The smallest absolute Gasteiger partial charge is 0.255 e. The average Bonchev–Trinajstić information content (AvgIpc) is 3.31. The summed E-state index contributed by atoms with van der Waals surface area (Å²) in [5.41, 5.74) is 2.09. The third-order valence-electron chi connectivity index (χ3n) is 5.43. The lowest BCUT2D eigenvalue weighted by Crippen LogP contribution is -2.30. The molecular weight excluding hydrogens is 430 g/mol. The second-order valence-corrected chi connectivity index (χ2v) is 9.53. The minimum Gasteiger partial charge on any atom is -0.368 e. The van der Waals surface area contributed by atoms with Gasteiger partial charge in [0, 0.05) is 36.6 Å². The van der Waals surface area contributed by atoms with Crippen molar-refractivity contribution in [2.24, 2.45) is 0 Å². The number of carbonyl (C=O) groups is 2. The van der Waals surface area contributed by atoms with Crippen molar-refractivity contribution in [1.29, 1.82) is 0 Å². The first-order valence-electron chi connectivity index (χ1n) is 10.7. The van der Waals surface area contributed by atoms with Crippen molar-refractivity contribution < 1.29 is 22.7 Å². The molecule has 2 N–H and O–H groups in total. The topological polar surface area (TPSA) is 105 Å². The summed E-state index contributed by atoms with van der Waals surface area (Å²) in [6.45, 7) is 6.60. The number of amides is 2. The second kappa shape index (κ2) is 10.2. The van der Waals surface area contributed by atoms with Gasteiger partial charge in [-0.05, 0) is 61.7 Å². The maximum atomic E-state index is 12.9. The van der Waals surface area contributed by atoms with Gasteiger partial charge < -0.3 is 15.4 Å². The number of benzene rings is 2. The number of nitrogens with one attached hydrogen (secondary N) is 2. The van der Waals surface area contributed by atoms with Crippen molar-refractivity contribution in [2.75, 3.05) is 30.3 Å². The Morgan fingerprint density at radius 2 is 1.66 bits per heavy atom. The van der Waals surface area contributed by atoms with Crippen LogP contribution in [0.15, 0.2) is 47.4 Å². The summed E-state index contributed by atoms with van der Waals surface area (Å²) >= 11 is 0. The van der Waals surface area contributed by atoms with E-state index in [1.54, 1.807) is 51.1 Å². The predicted octanol–water partition coefficient (Wildman–Crippen LogP) is 3.40. The Hall–Kier alpha value is -2.75. The van der Waals surface area contributed by atoms with Gasteiger partial charge in [-0.15, -0.1) is 0 Å². The molecule has 8 nitrogen and oxygen atoms in total. The first-order chi connectivity index (χ1) is 15.3. The summed E-state index contributed by atoms with van der Waals surface area (Å²) in [4.78, 5) is 25.1. The van der Waals surface area contributed by atoms with Crippen LogP contribution in [0.2, 0.25) is 0 Å². The van der Waals surface area contributed by atoms with E-state index < -0.39 is 22.0 Å². The fourth-order valence-corrected chi connectivity index (χ4v) is 5.05. The minimum atomic E-state index is -3.67. The third-order valence-corrected chi connectivity index (χ3v) is 7.48. The number of ether oxygens (including phenoxy) is 1. The normalized spacial score (nSPS) is 16.2. The maximum Gasteiger partial charge on any atom is 0.255 e. The fourth-order valence-electron chi connectivity index (χ4n) is 3.56. The number of rotatable bonds is 8. The lowest BCUT2D eigenvalue weighted by molar-refractivity contribution is -0.124. The molecule has 2 aromatic carbocycles. The molecule has 1 fully saturated rings. The van der Waals surface area contributed by atoms with Crippen LogP contribution in [0.5, 0.6) is 0 Å². The minimum absolute atomic E-state index is 0.0872. The van der Waals surface area contributed by atoms with Crippen LogP contribution in [0, 0.1) is 6.92 Å². The Morgan fingerprint density at radius 3 is 2.22 bits per heavy atom. The van der Waals surface area contributed by atoms with Gasteiger partial charge in [0.1, 0.15) is 6.10 Å². The van der Waals surface area contributed by atoms with Crippen LogP contribution in [-0.2, 0) is 19.6 Å². The van der Waals surface area contributed by atoms with E-state index in [1.807, 2.05) is 0 Å². The maximum absolute atomic E-state index is 12.9. The molecule has 0 saturated carbocycles. The highest BCUT2D eigenvalue weighted by Crippen LogP contribution is 2.22. The molecule has 1 atom stereocenters. The van der Waals surface area contributed by atoms with E-state index in [0.29, 0.717) is 43.1 Å². The molecule has 0 aromatic heterocycles. The van der Waals surface area contributed by atoms with E-state index in [0.717, 1.165) is 6.42 Å². The molecule has 9 heteroatoms. The Morgan fingerprint density at radius 1 is 1.03 bits per heavy atom. The molecule has 1 aliphatic rings. The molecule has 2 aromatic rings. The van der Waals surface area contributed by atoms with E-state index >= 15 is 0 Å². The molecule has 2 amide bonds. The monoisotopic (exact) mass is 459 g/mol. The van der Waals surface area contributed by atoms with Crippen LogP contribution in [-0.4, -0.2) is 50.3 Å². The molecule has 1 unspecified atom stereocenters. The number of aryl methyl sites for hydroxylation is 1. The van der Waals surface area contributed by atoms with Gasteiger partial charge in [0.05, 0.1) is 4.90 Å². The molecule has 0 aliphatic carbocycles.